The Balaban J connectivity index is 0.974. The lowest BCUT2D eigenvalue weighted by Crippen LogP contribution is -2.55. The number of benzene rings is 13. The Morgan fingerprint density at radius 1 is 0.317 bits per heavy atom. The number of rotatable bonds is 32. The second-order valence-electron chi connectivity index (χ2n) is 31.1. The molecule has 2 unspecified atom stereocenters. The van der Waals surface area contributed by atoms with Gasteiger partial charge >= 0.3 is 17.6 Å². The summed E-state index contributed by atoms with van der Waals surface area (Å²) in [5.41, 5.74) is 7.46. The van der Waals surface area contributed by atoms with Gasteiger partial charge in [-0.2, -0.15) is 0 Å². The molecular weight excluding hydrogens is 1550 g/mol. The van der Waals surface area contributed by atoms with E-state index in [1.54, 1.807) is 24.3 Å². The SMILES string of the molecule is CO[Si](CCNC(=O)C(CC1CCCC1)N1C(=O)c2cc(Oc3ccc(-c4ccccc4)cc3)c3c4c(Oc5ccc(-c6ccccc6)cc5)cc5c6c(cc(Oc7ccc(-c8ccccc8)cc7)c(c7c(Oc8ccc(-c9ccccc9)cc8)cc(c2c37)C1=O)c64)C(=O)N(C(CC1CCCC1)C(=O)NCC[Si](OC)(OC)OC)C5=O)(OC)OC. The third kappa shape index (κ3) is 15.5. The lowest BCUT2D eigenvalue weighted by Gasteiger charge is -2.36. The number of carbonyl (C=O) groups is 6. The highest BCUT2D eigenvalue weighted by molar-refractivity contribution is 6.61. The first-order valence-electron chi connectivity index (χ1n) is 40.9. The smallest absolute Gasteiger partial charge is 0.457 e. The molecule has 2 heterocycles. The van der Waals surface area contributed by atoms with E-state index in [-0.39, 0.29) is 138 Å². The predicted octanol–water partition coefficient (Wildman–Crippen LogP) is 20.7. The van der Waals surface area contributed by atoms with Crippen molar-refractivity contribution in [3.8, 4) is 90.5 Å². The first-order valence-corrected chi connectivity index (χ1v) is 44.8. The van der Waals surface area contributed by atoms with E-state index in [0.29, 0.717) is 23.0 Å². The Kier molecular flexibility index (Phi) is 23.1. The number of hydrogen-bond donors (Lipinski definition) is 2. The van der Waals surface area contributed by atoms with E-state index in [1.807, 2.05) is 218 Å². The Bertz CT molecular complexity index is 5310. The average Bonchev–Trinajstić information content (AvgIpc) is 0.742. The largest absolute Gasteiger partial charge is 0.501 e. The molecule has 2 N–H and O–H groups in total. The molecule has 2 saturated carbocycles. The van der Waals surface area contributed by atoms with E-state index < -0.39 is 65.1 Å². The molecule has 120 heavy (non-hydrogen) atoms. The van der Waals surface area contributed by atoms with Gasteiger partial charge in [0.15, 0.2) is 0 Å². The van der Waals surface area contributed by atoms with Crippen LogP contribution in [0.1, 0.15) is 106 Å². The van der Waals surface area contributed by atoms with Gasteiger partial charge in [0.2, 0.25) is 11.8 Å². The van der Waals surface area contributed by atoms with E-state index in [4.69, 9.17) is 45.5 Å². The van der Waals surface area contributed by atoms with Crippen molar-refractivity contribution in [2.24, 2.45) is 11.8 Å². The van der Waals surface area contributed by atoms with Crippen molar-refractivity contribution < 1.29 is 74.3 Å². The molecule has 608 valence electrons. The van der Waals surface area contributed by atoms with Crippen molar-refractivity contribution in [3.05, 3.63) is 265 Å². The highest BCUT2D eigenvalue weighted by Gasteiger charge is 2.49. The molecule has 0 radical (unpaired) electrons. The Morgan fingerprint density at radius 3 is 0.767 bits per heavy atom. The lowest BCUT2D eigenvalue weighted by atomic mass is 9.80. The Labute approximate surface area is 698 Å². The van der Waals surface area contributed by atoms with Crippen molar-refractivity contribution >= 4 is 96.1 Å². The number of hydrogen-bond acceptors (Lipinski definition) is 16. The van der Waals surface area contributed by atoms with Crippen molar-refractivity contribution in [3.63, 3.8) is 0 Å². The predicted molar refractivity (Wildman–Crippen MR) is 466 cm³/mol. The fourth-order valence-electron chi connectivity index (χ4n) is 18.1. The van der Waals surface area contributed by atoms with Crippen molar-refractivity contribution in [1.82, 2.24) is 20.4 Å². The van der Waals surface area contributed by atoms with Crippen LogP contribution in [0.5, 0.6) is 46.0 Å². The molecule has 13 aromatic rings. The second-order valence-corrected chi connectivity index (χ2v) is 37.3. The minimum Gasteiger partial charge on any atom is -0.457 e. The van der Waals surface area contributed by atoms with Gasteiger partial charge in [-0.1, -0.05) is 221 Å². The number of amides is 6. The first-order chi connectivity index (χ1) is 58.6. The molecule has 0 saturated heterocycles. The zero-order valence-electron chi connectivity index (χ0n) is 67.7. The number of ether oxygens (including phenoxy) is 4. The summed E-state index contributed by atoms with van der Waals surface area (Å²) < 4.78 is 64.7. The lowest BCUT2D eigenvalue weighted by molar-refractivity contribution is -0.126. The molecule has 0 bridgehead atoms. The van der Waals surface area contributed by atoms with Crippen LogP contribution in [0.25, 0.3) is 87.6 Å². The monoisotopic (exact) mass is 1640 g/mol. The summed E-state index contributed by atoms with van der Waals surface area (Å²) in [6.45, 7) is 0.0629. The number of fused-ring (bicyclic) bond motifs is 2. The van der Waals surface area contributed by atoms with Gasteiger partial charge in [-0.25, -0.2) is 0 Å². The maximum atomic E-state index is 16.9. The van der Waals surface area contributed by atoms with E-state index in [1.165, 1.54) is 42.7 Å². The summed E-state index contributed by atoms with van der Waals surface area (Å²) in [6.07, 6.45) is 7.06. The molecular formula is C98H92N4O16Si2. The summed E-state index contributed by atoms with van der Waals surface area (Å²) in [5, 5.41) is 8.25. The van der Waals surface area contributed by atoms with Gasteiger partial charge < -0.3 is 56.1 Å². The number of carbonyl (C=O) groups excluding carboxylic acids is 6. The van der Waals surface area contributed by atoms with E-state index in [0.717, 1.165) is 106 Å². The molecule has 0 aromatic heterocycles. The molecule has 6 amide bonds. The Hall–Kier alpha value is -12.2. The molecule has 2 fully saturated rings. The van der Waals surface area contributed by atoms with Crippen molar-refractivity contribution in [2.75, 3.05) is 55.7 Å². The van der Waals surface area contributed by atoms with Gasteiger partial charge in [-0.05, 0) is 142 Å². The first kappa shape index (κ1) is 80.2. The summed E-state index contributed by atoms with van der Waals surface area (Å²) in [5.74, 6) is -2.54. The molecule has 20 nitrogen and oxygen atoms in total. The number of nitrogens with zero attached hydrogens (tertiary/aromatic N) is 2. The molecule has 2 atom stereocenters. The van der Waals surface area contributed by atoms with Crippen LogP contribution in [0.4, 0.5) is 0 Å². The normalized spacial score (nSPS) is 15.0. The van der Waals surface area contributed by atoms with E-state index in [9.17, 15) is 0 Å². The zero-order valence-corrected chi connectivity index (χ0v) is 69.7. The van der Waals surface area contributed by atoms with Crippen LogP contribution in [-0.4, -0.2) is 131 Å². The second kappa shape index (κ2) is 34.6. The minimum absolute atomic E-state index is 0.0207. The van der Waals surface area contributed by atoms with Crippen LogP contribution in [0.2, 0.25) is 12.1 Å². The van der Waals surface area contributed by atoms with Crippen molar-refractivity contribution in [2.45, 2.75) is 88.4 Å². The Morgan fingerprint density at radius 2 is 0.542 bits per heavy atom. The maximum Gasteiger partial charge on any atom is 0.501 e. The number of imide groups is 2. The molecule has 2 aliphatic heterocycles. The summed E-state index contributed by atoms with van der Waals surface area (Å²) >= 11 is 0. The summed E-state index contributed by atoms with van der Waals surface area (Å²) in [6, 6.07) is 74.1. The molecule has 22 heteroatoms. The maximum absolute atomic E-state index is 16.9. The molecule has 2 aliphatic carbocycles. The van der Waals surface area contributed by atoms with Gasteiger partial charge in [0, 0.05) is 111 Å². The van der Waals surface area contributed by atoms with Gasteiger partial charge in [0.25, 0.3) is 23.6 Å². The molecule has 4 aliphatic rings. The molecule has 0 spiro atoms. The van der Waals surface area contributed by atoms with Gasteiger partial charge in [-0.15, -0.1) is 0 Å². The molecule has 17 rings (SSSR count). The van der Waals surface area contributed by atoms with Gasteiger partial charge in [0.1, 0.15) is 58.1 Å². The summed E-state index contributed by atoms with van der Waals surface area (Å²) in [4.78, 5) is 101. The number of nitrogens with one attached hydrogen (secondary N) is 2. The summed E-state index contributed by atoms with van der Waals surface area (Å²) in [7, 11) is 2.45. The third-order valence-electron chi connectivity index (χ3n) is 24.3. The highest BCUT2D eigenvalue weighted by atomic mass is 28.4. The van der Waals surface area contributed by atoms with Crippen LogP contribution in [0, 0.1) is 11.8 Å². The van der Waals surface area contributed by atoms with E-state index in [2.05, 4.69) is 10.6 Å². The third-order valence-corrected chi connectivity index (χ3v) is 29.8. The van der Waals surface area contributed by atoms with Crippen LogP contribution in [0.15, 0.2) is 243 Å². The molecule has 13 aromatic carbocycles. The average molecular weight is 1640 g/mol. The van der Waals surface area contributed by atoms with Crippen molar-refractivity contribution in [1.29, 1.82) is 0 Å². The highest BCUT2D eigenvalue weighted by Crippen LogP contribution is 2.59. The van der Waals surface area contributed by atoms with Gasteiger partial charge in [-0.3, -0.25) is 38.6 Å². The van der Waals surface area contributed by atoms with Gasteiger partial charge in [0.05, 0.1) is 22.3 Å². The fraction of sp³-hybridized carbons (Fsp3) is 0.245. The fourth-order valence-corrected chi connectivity index (χ4v) is 21.2. The minimum atomic E-state index is -3.26. The van der Waals surface area contributed by atoms with Crippen LogP contribution in [-0.2, 0) is 36.1 Å². The quantitative estimate of drug-likeness (QED) is 0.0173. The van der Waals surface area contributed by atoms with Crippen LogP contribution >= 0.6 is 0 Å². The van der Waals surface area contributed by atoms with Crippen LogP contribution < -0.4 is 29.6 Å². The standard InChI is InChI=1S/C98H92N4O16Si2/c1-109-119(110-2,111-3)53-51-99-93(103)79(55-61-23-19-20-24-61)101-95(105)75-57-81(115-71-43-35-67(36-44-71)63-27-11-7-12-28-63)87-89-83(117-73-47-39-69(40-48-73)65-31-15-9-16-32-65)59-77-86-78(98(108)102(97(77)107)80(56-62-25-21-22-26-62)94(104)100-52-54-120(112-4,113-5)114-6)60-84(118-74-49-41-70(42-50-74)66-33-17-10-18-34-66)90(92(86)89)88-82(58-76(96(101)106)85(75)91(87)88)116-72-45-37-68(38-46-72)64-29-13-8-14-30-64/h7-18,27-50,57-62,79-80H,19-26,51-56H2,1-6H3,(H,99,103)(H,100,104). The zero-order chi connectivity index (χ0) is 82.8. The van der Waals surface area contributed by atoms with Crippen LogP contribution in [0.3, 0.4) is 0 Å². The topological polar surface area (TPSA) is 225 Å². The van der Waals surface area contributed by atoms with E-state index >= 15 is 28.8 Å².